The average Bonchev–Trinajstić information content (AvgIpc) is 2.89. The van der Waals surface area contributed by atoms with Gasteiger partial charge in [0, 0.05) is 18.5 Å². The molecule has 1 fully saturated rings. The number of carbonyl (C=O) groups is 1. The number of piperidine rings is 1. The molecule has 2 heterocycles. The average molecular weight is 289 g/mol. The third-order valence-electron chi connectivity index (χ3n) is 3.26. The fourth-order valence-corrected chi connectivity index (χ4v) is 2.87. The van der Waals surface area contributed by atoms with Crippen LogP contribution in [0.5, 0.6) is 0 Å². The van der Waals surface area contributed by atoms with Crippen molar-refractivity contribution in [3.05, 3.63) is 22.4 Å². The van der Waals surface area contributed by atoms with Gasteiger partial charge in [-0.15, -0.1) is 23.7 Å². The highest BCUT2D eigenvalue weighted by Gasteiger charge is 2.23. The zero-order valence-electron chi connectivity index (χ0n) is 10.7. The van der Waals surface area contributed by atoms with Crippen molar-refractivity contribution in [2.75, 3.05) is 20.1 Å². The summed E-state index contributed by atoms with van der Waals surface area (Å²) < 4.78 is 0. The van der Waals surface area contributed by atoms with Crippen LogP contribution in [0, 0.1) is 0 Å². The molecule has 102 valence electrons. The van der Waals surface area contributed by atoms with Crippen LogP contribution in [0.25, 0.3) is 0 Å². The maximum atomic E-state index is 12.1. The van der Waals surface area contributed by atoms with Gasteiger partial charge in [0.05, 0.1) is 6.04 Å². The number of carbonyl (C=O) groups excluding carboxylic acids is 1. The van der Waals surface area contributed by atoms with Gasteiger partial charge in [-0.25, -0.2) is 0 Å². The van der Waals surface area contributed by atoms with Crippen molar-refractivity contribution < 1.29 is 4.79 Å². The first-order valence-corrected chi connectivity index (χ1v) is 7.16. The van der Waals surface area contributed by atoms with Crippen LogP contribution in [0.2, 0.25) is 0 Å². The standard InChI is InChI=1S/C13H20N2OS.ClH/c1-15(9-7-11-5-4-10-17-11)13(16)12-6-2-3-8-14-12;/h4-5,10,12,14H,2-3,6-9H2,1H3;1H. The normalized spacial score (nSPS) is 19.1. The molecule has 0 bridgehead atoms. The first-order valence-electron chi connectivity index (χ1n) is 6.28. The first kappa shape index (κ1) is 15.5. The van der Waals surface area contributed by atoms with Gasteiger partial charge in [-0.3, -0.25) is 4.79 Å². The van der Waals surface area contributed by atoms with Gasteiger partial charge < -0.3 is 10.2 Å². The van der Waals surface area contributed by atoms with Crippen molar-refractivity contribution in [3.8, 4) is 0 Å². The molecule has 0 saturated carbocycles. The molecule has 0 aliphatic carbocycles. The maximum Gasteiger partial charge on any atom is 0.239 e. The number of hydrogen-bond acceptors (Lipinski definition) is 3. The van der Waals surface area contributed by atoms with Crippen LogP contribution < -0.4 is 5.32 Å². The molecule has 0 radical (unpaired) electrons. The summed E-state index contributed by atoms with van der Waals surface area (Å²) in [4.78, 5) is 15.3. The van der Waals surface area contributed by atoms with Gasteiger partial charge in [-0.1, -0.05) is 12.5 Å². The Morgan fingerprint density at radius 3 is 3.00 bits per heavy atom. The molecular formula is C13H21ClN2OS. The molecule has 1 atom stereocenters. The van der Waals surface area contributed by atoms with E-state index in [1.165, 1.54) is 17.7 Å². The van der Waals surface area contributed by atoms with Crippen molar-refractivity contribution in [2.45, 2.75) is 31.7 Å². The molecule has 1 aliphatic heterocycles. The highest BCUT2D eigenvalue weighted by Crippen LogP contribution is 2.12. The molecule has 1 N–H and O–H groups in total. The Morgan fingerprint density at radius 2 is 2.39 bits per heavy atom. The van der Waals surface area contributed by atoms with Gasteiger partial charge >= 0.3 is 0 Å². The lowest BCUT2D eigenvalue weighted by Gasteiger charge is -2.27. The second kappa shape index (κ2) is 7.77. The fourth-order valence-electron chi connectivity index (χ4n) is 2.17. The van der Waals surface area contributed by atoms with Crippen LogP contribution >= 0.6 is 23.7 Å². The minimum absolute atomic E-state index is 0. The summed E-state index contributed by atoms with van der Waals surface area (Å²) in [5.41, 5.74) is 0. The molecule has 1 unspecified atom stereocenters. The zero-order chi connectivity index (χ0) is 12.1. The number of thiophene rings is 1. The molecule has 2 rings (SSSR count). The summed E-state index contributed by atoms with van der Waals surface area (Å²) in [5.74, 6) is 0.251. The lowest BCUT2D eigenvalue weighted by molar-refractivity contribution is -0.132. The molecule has 1 aliphatic rings. The Labute approximate surface area is 119 Å². The van der Waals surface area contributed by atoms with Crippen molar-refractivity contribution in [1.82, 2.24) is 10.2 Å². The van der Waals surface area contributed by atoms with E-state index < -0.39 is 0 Å². The third-order valence-corrected chi connectivity index (χ3v) is 4.19. The number of nitrogens with zero attached hydrogens (tertiary/aromatic N) is 1. The molecule has 18 heavy (non-hydrogen) atoms. The van der Waals surface area contributed by atoms with Gasteiger partial charge in [0.15, 0.2) is 0 Å². The largest absolute Gasteiger partial charge is 0.344 e. The number of hydrogen-bond donors (Lipinski definition) is 1. The van der Waals surface area contributed by atoms with Crippen LogP contribution in [0.1, 0.15) is 24.1 Å². The van der Waals surface area contributed by atoms with Gasteiger partial charge in [0.1, 0.15) is 0 Å². The van der Waals surface area contributed by atoms with Crippen LogP contribution in [-0.2, 0) is 11.2 Å². The van der Waals surface area contributed by atoms with Gasteiger partial charge in [-0.2, -0.15) is 0 Å². The quantitative estimate of drug-likeness (QED) is 0.922. The van der Waals surface area contributed by atoms with Crippen molar-refractivity contribution in [1.29, 1.82) is 0 Å². The van der Waals surface area contributed by atoms with E-state index in [-0.39, 0.29) is 24.4 Å². The predicted octanol–water partition coefficient (Wildman–Crippen LogP) is 2.31. The molecule has 1 amide bonds. The van der Waals surface area contributed by atoms with E-state index in [2.05, 4.69) is 22.8 Å². The Bertz CT molecular complexity index is 350. The summed E-state index contributed by atoms with van der Waals surface area (Å²) in [6.07, 6.45) is 4.32. The monoisotopic (exact) mass is 288 g/mol. The molecule has 5 heteroatoms. The Morgan fingerprint density at radius 1 is 1.56 bits per heavy atom. The molecular weight excluding hydrogens is 268 g/mol. The van der Waals surface area contributed by atoms with E-state index in [9.17, 15) is 4.79 Å². The number of nitrogens with one attached hydrogen (secondary N) is 1. The van der Waals surface area contributed by atoms with Gasteiger partial charge in [0.2, 0.25) is 5.91 Å². The topological polar surface area (TPSA) is 32.3 Å². The molecule has 1 aromatic heterocycles. The van der Waals surface area contributed by atoms with Gasteiger partial charge in [-0.05, 0) is 37.3 Å². The molecule has 3 nitrogen and oxygen atoms in total. The van der Waals surface area contributed by atoms with Crippen LogP contribution in [0.4, 0.5) is 0 Å². The summed E-state index contributed by atoms with van der Waals surface area (Å²) in [6.45, 7) is 1.80. The minimum atomic E-state index is 0. The van der Waals surface area contributed by atoms with Crippen LogP contribution in [-0.4, -0.2) is 37.0 Å². The summed E-state index contributed by atoms with van der Waals surface area (Å²) in [5, 5.41) is 5.39. The Balaban J connectivity index is 0.00000162. The van der Waals surface area contributed by atoms with Crippen LogP contribution in [0.3, 0.4) is 0 Å². The number of halogens is 1. The SMILES string of the molecule is CN(CCc1cccs1)C(=O)C1CCCCN1.Cl. The lowest BCUT2D eigenvalue weighted by Crippen LogP contribution is -2.47. The summed E-state index contributed by atoms with van der Waals surface area (Å²) >= 11 is 1.76. The number of amides is 1. The second-order valence-corrected chi connectivity index (χ2v) is 5.62. The Kier molecular flexibility index (Phi) is 6.68. The van der Waals surface area contributed by atoms with E-state index in [1.807, 2.05) is 11.9 Å². The smallest absolute Gasteiger partial charge is 0.239 e. The highest BCUT2D eigenvalue weighted by molar-refractivity contribution is 7.09. The van der Waals surface area contributed by atoms with E-state index in [4.69, 9.17) is 0 Å². The Hall–Kier alpha value is -0.580. The summed E-state index contributed by atoms with van der Waals surface area (Å²) in [7, 11) is 1.91. The second-order valence-electron chi connectivity index (χ2n) is 4.59. The van der Waals surface area contributed by atoms with E-state index in [0.717, 1.165) is 25.9 Å². The molecule has 0 aromatic carbocycles. The van der Waals surface area contributed by atoms with E-state index in [0.29, 0.717) is 0 Å². The molecule has 1 aromatic rings. The fraction of sp³-hybridized carbons (Fsp3) is 0.615. The van der Waals surface area contributed by atoms with Crippen molar-refractivity contribution in [3.63, 3.8) is 0 Å². The van der Waals surface area contributed by atoms with E-state index in [1.54, 1.807) is 11.3 Å². The van der Waals surface area contributed by atoms with Crippen molar-refractivity contribution >= 4 is 29.7 Å². The predicted molar refractivity (Wildman–Crippen MR) is 78.5 cm³/mol. The minimum Gasteiger partial charge on any atom is -0.344 e. The lowest BCUT2D eigenvalue weighted by atomic mass is 10.0. The zero-order valence-corrected chi connectivity index (χ0v) is 12.4. The summed E-state index contributed by atoms with van der Waals surface area (Å²) in [6, 6.07) is 4.24. The van der Waals surface area contributed by atoms with Gasteiger partial charge in [0.25, 0.3) is 0 Å². The first-order chi connectivity index (χ1) is 8.27. The number of rotatable bonds is 4. The third kappa shape index (κ3) is 4.26. The van der Waals surface area contributed by atoms with Crippen molar-refractivity contribution in [2.24, 2.45) is 0 Å². The van der Waals surface area contributed by atoms with E-state index >= 15 is 0 Å². The molecule has 0 spiro atoms. The maximum absolute atomic E-state index is 12.1. The van der Waals surface area contributed by atoms with Crippen LogP contribution in [0.15, 0.2) is 17.5 Å². The molecule has 1 saturated heterocycles. The highest BCUT2D eigenvalue weighted by atomic mass is 35.5. The number of likely N-dealkylation sites (N-methyl/N-ethyl adjacent to an activating group) is 1.